The molecule has 1 heterocycles. The van der Waals surface area contributed by atoms with Gasteiger partial charge in [0, 0.05) is 23.8 Å². The second-order valence-corrected chi connectivity index (χ2v) is 2.74. The van der Waals surface area contributed by atoms with Gasteiger partial charge in [0.15, 0.2) is 5.78 Å². The van der Waals surface area contributed by atoms with Crippen molar-refractivity contribution in [2.45, 2.75) is 12.8 Å². The Balaban J connectivity index is 2.38. The standard InChI is InChI=1S/C10H8NO/c12-10-5-1-4-9(10)8-3-2-6-11-7-8/h2-4,6H,1,5H2. The number of allylic oxidation sites excluding steroid dienone is 2. The minimum atomic E-state index is 0.208. The van der Waals surface area contributed by atoms with Gasteiger partial charge >= 0.3 is 0 Å². The van der Waals surface area contributed by atoms with Crippen LogP contribution in [0.4, 0.5) is 0 Å². The van der Waals surface area contributed by atoms with Gasteiger partial charge in [-0.05, 0) is 12.5 Å². The number of carbonyl (C=O) groups excluding carboxylic acids is 1. The normalized spacial score (nSPS) is 16.3. The van der Waals surface area contributed by atoms with E-state index in [-0.39, 0.29) is 5.78 Å². The lowest BCUT2D eigenvalue weighted by molar-refractivity contribution is -0.113. The van der Waals surface area contributed by atoms with Crippen molar-refractivity contribution in [1.29, 1.82) is 0 Å². The molecule has 1 aromatic heterocycles. The zero-order valence-electron chi connectivity index (χ0n) is 6.58. The lowest BCUT2D eigenvalue weighted by Gasteiger charge is -1.96. The molecule has 0 spiro atoms. The number of rotatable bonds is 1. The molecule has 0 saturated carbocycles. The molecule has 0 bridgehead atoms. The van der Waals surface area contributed by atoms with Crippen molar-refractivity contribution in [2.24, 2.45) is 0 Å². The van der Waals surface area contributed by atoms with E-state index in [1.54, 1.807) is 6.20 Å². The molecular formula is C10H8NO. The largest absolute Gasteiger partial charge is 0.294 e. The van der Waals surface area contributed by atoms with Crippen LogP contribution in [0.15, 0.2) is 24.4 Å². The summed E-state index contributed by atoms with van der Waals surface area (Å²) < 4.78 is 0. The van der Waals surface area contributed by atoms with E-state index in [1.807, 2.05) is 18.2 Å². The third-order valence-corrected chi connectivity index (χ3v) is 1.92. The Morgan fingerprint density at radius 2 is 2.42 bits per heavy atom. The van der Waals surface area contributed by atoms with E-state index in [2.05, 4.69) is 11.2 Å². The van der Waals surface area contributed by atoms with E-state index < -0.39 is 0 Å². The molecule has 0 saturated heterocycles. The van der Waals surface area contributed by atoms with Gasteiger partial charge in [0.25, 0.3) is 0 Å². The summed E-state index contributed by atoms with van der Waals surface area (Å²) >= 11 is 0. The monoisotopic (exact) mass is 158 g/mol. The van der Waals surface area contributed by atoms with Gasteiger partial charge < -0.3 is 0 Å². The van der Waals surface area contributed by atoms with Crippen molar-refractivity contribution >= 4 is 11.4 Å². The van der Waals surface area contributed by atoms with Crippen LogP contribution in [0.3, 0.4) is 0 Å². The number of Topliss-reactive ketones (excluding diaryl/α,β-unsaturated/α-hetero) is 1. The van der Waals surface area contributed by atoms with Gasteiger partial charge in [-0.1, -0.05) is 12.1 Å². The molecule has 0 N–H and O–H groups in total. The maximum atomic E-state index is 11.3. The van der Waals surface area contributed by atoms with Crippen LogP contribution in [0.25, 0.3) is 5.57 Å². The molecule has 1 aliphatic carbocycles. The minimum Gasteiger partial charge on any atom is -0.294 e. The molecule has 59 valence electrons. The molecule has 0 aromatic carbocycles. The van der Waals surface area contributed by atoms with E-state index in [1.165, 1.54) is 0 Å². The van der Waals surface area contributed by atoms with Crippen LogP contribution >= 0.6 is 0 Å². The van der Waals surface area contributed by atoms with Gasteiger partial charge in [0.1, 0.15) is 0 Å². The lowest BCUT2D eigenvalue weighted by Crippen LogP contribution is -1.95. The summed E-state index contributed by atoms with van der Waals surface area (Å²) in [4.78, 5) is 15.1. The fraction of sp³-hybridized carbons (Fsp3) is 0.200. The van der Waals surface area contributed by atoms with E-state index in [0.717, 1.165) is 17.6 Å². The molecule has 1 aliphatic rings. The Hall–Kier alpha value is -1.44. The molecule has 0 atom stereocenters. The first-order valence-corrected chi connectivity index (χ1v) is 3.94. The van der Waals surface area contributed by atoms with Gasteiger partial charge in [-0.15, -0.1) is 0 Å². The zero-order valence-corrected chi connectivity index (χ0v) is 6.58. The fourth-order valence-electron chi connectivity index (χ4n) is 1.33. The molecule has 2 heteroatoms. The highest BCUT2D eigenvalue weighted by molar-refractivity contribution is 6.22. The van der Waals surface area contributed by atoms with Gasteiger partial charge in [-0.25, -0.2) is 0 Å². The van der Waals surface area contributed by atoms with E-state index in [4.69, 9.17) is 0 Å². The summed E-state index contributed by atoms with van der Waals surface area (Å²) in [5.41, 5.74) is 1.60. The molecule has 0 unspecified atom stereocenters. The van der Waals surface area contributed by atoms with Crippen LogP contribution in [0.5, 0.6) is 0 Å². The molecule has 12 heavy (non-hydrogen) atoms. The zero-order chi connectivity index (χ0) is 8.39. The third kappa shape index (κ3) is 1.16. The van der Waals surface area contributed by atoms with Crippen LogP contribution in [0.1, 0.15) is 18.4 Å². The van der Waals surface area contributed by atoms with Crippen molar-refractivity contribution in [3.05, 3.63) is 36.2 Å². The molecule has 1 radical (unpaired) electrons. The summed E-state index contributed by atoms with van der Waals surface area (Å²) in [6.45, 7) is 0. The molecule has 0 fully saturated rings. The SMILES string of the molecule is O=C1CCC=C1c1[c]nccc1. The second kappa shape index (κ2) is 2.89. The Morgan fingerprint density at radius 1 is 1.50 bits per heavy atom. The minimum absolute atomic E-state index is 0.208. The smallest absolute Gasteiger partial charge is 0.163 e. The van der Waals surface area contributed by atoms with Gasteiger partial charge in [-0.3, -0.25) is 9.78 Å². The topological polar surface area (TPSA) is 30.0 Å². The van der Waals surface area contributed by atoms with Crippen molar-refractivity contribution in [3.63, 3.8) is 0 Å². The lowest BCUT2D eigenvalue weighted by atomic mass is 10.1. The van der Waals surface area contributed by atoms with Crippen molar-refractivity contribution in [2.75, 3.05) is 0 Å². The summed E-state index contributed by atoms with van der Waals surface area (Å²) in [7, 11) is 0. The van der Waals surface area contributed by atoms with E-state index in [0.29, 0.717) is 6.42 Å². The highest BCUT2D eigenvalue weighted by Gasteiger charge is 2.16. The highest BCUT2D eigenvalue weighted by atomic mass is 16.1. The summed E-state index contributed by atoms with van der Waals surface area (Å²) in [5, 5.41) is 0. The van der Waals surface area contributed by atoms with Crippen LogP contribution in [0.2, 0.25) is 0 Å². The van der Waals surface area contributed by atoms with Gasteiger partial charge in [0.05, 0.1) is 6.20 Å². The molecule has 0 aliphatic heterocycles. The fourth-order valence-corrected chi connectivity index (χ4v) is 1.33. The Labute approximate surface area is 70.9 Å². The number of pyridine rings is 1. The number of ketones is 1. The maximum absolute atomic E-state index is 11.3. The molecular weight excluding hydrogens is 150 g/mol. The number of carbonyl (C=O) groups is 1. The van der Waals surface area contributed by atoms with Crippen molar-refractivity contribution < 1.29 is 4.79 Å². The molecule has 0 amide bonds. The first kappa shape index (κ1) is 7.22. The van der Waals surface area contributed by atoms with Crippen LogP contribution < -0.4 is 0 Å². The van der Waals surface area contributed by atoms with Crippen LogP contribution in [-0.4, -0.2) is 10.8 Å². The predicted molar refractivity (Wildman–Crippen MR) is 45.3 cm³/mol. The van der Waals surface area contributed by atoms with Gasteiger partial charge in [0.2, 0.25) is 0 Å². The third-order valence-electron chi connectivity index (χ3n) is 1.92. The maximum Gasteiger partial charge on any atom is 0.163 e. The van der Waals surface area contributed by atoms with Crippen molar-refractivity contribution in [1.82, 2.24) is 4.98 Å². The van der Waals surface area contributed by atoms with E-state index >= 15 is 0 Å². The van der Waals surface area contributed by atoms with Crippen LogP contribution in [-0.2, 0) is 4.79 Å². The average Bonchev–Trinajstić information content (AvgIpc) is 2.53. The Bertz CT molecular complexity index is 327. The molecule has 1 aromatic rings. The summed E-state index contributed by atoms with van der Waals surface area (Å²) in [6.07, 6.45) is 7.91. The Kier molecular flexibility index (Phi) is 1.74. The number of hydrogen-bond donors (Lipinski definition) is 0. The van der Waals surface area contributed by atoms with Crippen molar-refractivity contribution in [3.8, 4) is 0 Å². The predicted octanol–water partition coefficient (Wildman–Crippen LogP) is 1.63. The van der Waals surface area contributed by atoms with Gasteiger partial charge in [-0.2, -0.15) is 0 Å². The Morgan fingerprint density at radius 3 is 3.00 bits per heavy atom. The highest BCUT2D eigenvalue weighted by Crippen LogP contribution is 2.22. The average molecular weight is 158 g/mol. The summed E-state index contributed by atoms with van der Waals surface area (Å²) in [6, 6.07) is 3.68. The number of aromatic nitrogens is 1. The molecule has 2 nitrogen and oxygen atoms in total. The number of hydrogen-bond acceptors (Lipinski definition) is 2. The number of nitrogens with zero attached hydrogens (tertiary/aromatic N) is 1. The first-order valence-electron chi connectivity index (χ1n) is 3.94. The first-order chi connectivity index (χ1) is 5.88. The second-order valence-electron chi connectivity index (χ2n) is 2.74. The van der Waals surface area contributed by atoms with E-state index in [9.17, 15) is 4.79 Å². The summed E-state index contributed by atoms with van der Waals surface area (Å²) in [5.74, 6) is 0.208. The quantitative estimate of drug-likeness (QED) is 0.621. The van der Waals surface area contributed by atoms with Crippen LogP contribution in [0, 0.1) is 6.20 Å². The molecule has 2 rings (SSSR count).